The Hall–Kier alpha value is -1.14. The number of benzene rings is 1. The van der Waals surface area contributed by atoms with E-state index in [1.165, 1.54) is 45.2 Å². The van der Waals surface area contributed by atoms with E-state index < -0.39 is 0 Å². The lowest BCUT2D eigenvalue weighted by Crippen LogP contribution is -2.52. The lowest BCUT2D eigenvalue weighted by Gasteiger charge is -2.44. The van der Waals surface area contributed by atoms with Gasteiger partial charge in [0.15, 0.2) is 0 Å². The highest BCUT2D eigenvalue weighted by atomic mass is 35.5. The van der Waals surface area contributed by atoms with Crippen molar-refractivity contribution in [3.05, 3.63) is 34.9 Å². The van der Waals surface area contributed by atoms with E-state index in [9.17, 15) is 4.79 Å². The van der Waals surface area contributed by atoms with E-state index in [4.69, 9.17) is 11.6 Å². The maximum absolute atomic E-state index is 12.6. The lowest BCUT2D eigenvalue weighted by molar-refractivity contribution is -0.123. The minimum atomic E-state index is -0.179. The Morgan fingerprint density at radius 3 is 2.77 bits per heavy atom. The molecule has 4 rings (SSSR count). The van der Waals surface area contributed by atoms with Crippen LogP contribution in [0.5, 0.6) is 0 Å². The van der Waals surface area contributed by atoms with Gasteiger partial charge in [-0.3, -0.25) is 4.79 Å². The number of hydrogen-bond acceptors (Lipinski definition) is 4. The molecule has 1 aromatic carbocycles. The van der Waals surface area contributed by atoms with Crippen LogP contribution in [0.4, 0.5) is 0 Å². The predicted octanol–water partition coefficient (Wildman–Crippen LogP) is 2.63. The number of halogens is 1. The molecule has 142 valence electrons. The molecule has 3 heterocycles. The van der Waals surface area contributed by atoms with E-state index in [0.717, 1.165) is 23.6 Å². The summed E-state index contributed by atoms with van der Waals surface area (Å²) in [6.45, 7) is 3.29. The Morgan fingerprint density at radius 2 is 1.92 bits per heavy atom. The Bertz CT molecular complexity index is 621. The minimum absolute atomic E-state index is 0.113. The summed E-state index contributed by atoms with van der Waals surface area (Å²) in [6.07, 6.45) is 7.22. The van der Waals surface area contributed by atoms with Crippen LogP contribution in [-0.4, -0.2) is 42.5 Å². The highest BCUT2D eigenvalue weighted by Gasteiger charge is 2.34. The van der Waals surface area contributed by atoms with Gasteiger partial charge in [0.2, 0.25) is 5.91 Å². The van der Waals surface area contributed by atoms with Crippen molar-refractivity contribution in [2.75, 3.05) is 19.6 Å². The van der Waals surface area contributed by atoms with Crippen LogP contribution in [0.15, 0.2) is 24.3 Å². The molecule has 4 atom stereocenters. The van der Waals surface area contributed by atoms with Gasteiger partial charge in [-0.1, -0.05) is 30.2 Å². The van der Waals surface area contributed by atoms with Crippen LogP contribution < -0.4 is 16.2 Å². The van der Waals surface area contributed by atoms with Crippen molar-refractivity contribution in [3.8, 4) is 0 Å². The molecular weight excluding hydrogens is 348 g/mol. The minimum Gasteiger partial charge on any atom is -0.354 e. The van der Waals surface area contributed by atoms with Gasteiger partial charge >= 0.3 is 0 Å². The average Bonchev–Trinajstić information content (AvgIpc) is 3.17. The molecule has 3 N–H and O–H groups in total. The van der Waals surface area contributed by atoms with Gasteiger partial charge in [0.25, 0.3) is 0 Å². The normalized spacial score (nSPS) is 32.2. The van der Waals surface area contributed by atoms with Gasteiger partial charge in [0.05, 0.1) is 0 Å². The van der Waals surface area contributed by atoms with Gasteiger partial charge in [-0.25, -0.2) is 10.9 Å². The summed E-state index contributed by atoms with van der Waals surface area (Å²) in [5, 5.41) is 3.95. The number of fused-ring (bicyclic) bond motifs is 1. The maximum Gasteiger partial charge on any atom is 0.238 e. The van der Waals surface area contributed by atoms with Gasteiger partial charge in [0, 0.05) is 23.7 Å². The first-order chi connectivity index (χ1) is 12.7. The number of amides is 1. The molecule has 1 aromatic rings. The number of nitrogens with one attached hydrogen (secondary N) is 3. The summed E-state index contributed by atoms with van der Waals surface area (Å²) < 4.78 is 0. The van der Waals surface area contributed by atoms with Crippen LogP contribution in [0.3, 0.4) is 0 Å². The molecule has 4 unspecified atom stereocenters. The largest absolute Gasteiger partial charge is 0.354 e. The van der Waals surface area contributed by atoms with Gasteiger partial charge in [0.1, 0.15) is 6.04 Å². The van der Waals surface area contributed by atoms with Crippen LogP contribution in [0.2, 0.25) is 5.02 Å². The zero-order valence-electron chi connectivity index (χ0n) is 15.2. The van der Waals surface area contributed by atoms with Gasteiger partial charge in [-0.2, -0.15) is 0 Å². The number of hydrogen-bond donors (Lipinski definition) is 3. The SMILES string of the molecule is O=C(NCC1CCCN2CCCCC12)C1CC(c2ccc(Cl)cc2)NN1. The van der Waals surface area contributed by atoms with Crippen LogP contribution in [0, 0.1) is 5.92 Å². The fraction of sp³-hybridized carbons (Fsp3) is 0.650. The van der Waals surface area contributed by atoms with Crippen molar-refractivity contribution in [1.82, 2.24) is 21.1 Å². The van der Waals surface area contributed by atoms with Crippen molar-refractivity contribution < 1.29 is 4.79 Å². The molecular formula is C20H29ClN4O. The first-order valence-corrected chi connectivity index (χ1v) is 10.4. The third-order valence-corrected chi connectivity index (χ3v) is 6.51. The molecule has 3 saturated heterocycles. The van der Waals surface area contributed by atoms with Crippen LogP contribution in [0.25, 0.3) is 0 Å². The Balaban J connectivity index is 1.28. The number of piperidine rings is 2. The van der Waals surface area contributed by atoms with E-state index in [1.807, 2.05) is 24.3 Å². The summed E-state index contributed by atoms with van der Waals surface area (Å²) in [5.41, 5.74) is 7.56. The highest BCUT2D eigenvalue weighted by molar-refractivity contribution is 6.30. The van der Waals surface area contributed by atoms with Crippen LogP contribution in [-0.2, 0) is 4.79 Å². The smallest absolute Gasteiger partial charge is 0.238 e. The number of rotatable bonds is 4. The molecule has 3 aliphatic heterocycles. The quantitative estimate of drug-likeness (QED) is 0.756. The molecule has 3 aliphatic rings. The zero-order valence-corrected chi connectivity index (χ0v) is 16.0. The van der Waals surface area contributed by atoms with Gasteiger partial charge < -0.3 is 10.2 Å². The van der Waals surface area contributed by atoms with Crippen molar-refractivity contribution in [2.45, 2.75) is 56.7 Å². The second-order valence-corrected chi connectivity index (χ2v) is 8.36. The van der Waals surface area contributed by atoms with Crippen LogP contribution >= 0.6 is 11.6 Å². The number of carbonyl (C=O) groups is 1. The fourth-order valence-corrected chi connectivity index (χ4v) is 4.94. The summed E-state index contributed by atoms with van der Waals surface area (Å²) in [5.74, 6) is 0.719. The van der Waals surface area contributed by atoms with E-state index in [2.05, 4.69) is 21.1 Å². The molecule has 0 bridgehead atoms. The molecule has 0 saturated carbocycles. The lowest BCUT2D eigenvalue weighted by atomic mass is 9.83. The second-order valence-electron chi connectivity index (χ2n) is 7.93. The summed E-state index contributed by atoms with van der Waals surface area (Å²) in [7, 11) is 0. The Kier molecular flexibility index (Phi) is 5.79. The molecule has 6 heteroatoms. The summed E-state index contributed by atoms with van der Waals surface area (Å²) >= 11 is 5.96. The van der Waals surface area contributed by atoms with Gasteiger partial charge in [-0.15, -0.1) is 0 Å². The van der Waals surface area contributed by atoms with E-state index in [-0.39, 0.29) is 18.0 Å². The van der Waals surface area contributed by atoms with E-state index >= 15 is 0 Å². The van der Waals surface area contributed by atoms with Crippen molar-refractivity contribution in [3.63, 3.8) is 0 Å². The van der Waals surface area contributed by atoms with Crippen LogP contribution in [0.1, 0.15) is 50.1 Å². The second kappa shape index (κ2) is 8.26. The topological polar surface area (TPSA) is 56.4 Å². The zero-order chi connectivity index (χ0) is 17.9. The number of carbonyl (C=O) groups excluding carboxylic acids is 1. The standard InChI is InChI=1S/C20H29ClN4O/c21-16-8-6-14(7-9-16)17-12-18(24-23-17)20(26)22-13-15-4-3-11-25-10-2-1-5-19(15)25/h6-9,15,17-19,23-24H,1-5,10-13H2,(H,22,26). The summed E-state index contributed by atoms with van der Waals surface area (Å²) in [6, 6.07) is 8.46. The third-order valence-electron chi connectivity index (χ3n) is 6.26. The fourth-order valence-electron chi connectivity index (χ4n) is 4.81. The predicted molar refractivity (Wildman–Crippen MR) is 104 cm³/mol. The van der Waals surface area contributed by atoms with Gasteiger partial charge in [-0.05, 0) is 68.8 Å². The average molecular weight is 377 g/mol. The molecule has 5 nitrogen and oxygen atoms in total. The monoisotopic (exact) mass is 376 g/mol. The first-order valence-electron chi connectivity index (χ1n) is 9.99. The third kappa shape index (κ3) is 4.06. The van der Waals surface area contributed by atoms with E-state index in [0.29, 0.717) is 12.0 Å². The molecule has 3 fully saturated rings. The molecule has 26 heavy (non-hydrogen) atoms. The number of hydrazine groups is 1. The first kappa shape index (κ1) is 18.2. The molecule has 0 aliphatic carbocycles. The summed E-state index contributed by atoms with van der Waals surface area (Å²) in [4.78, 5) is 15.3. The van der Waals surface area contributed by atoms with Crippen molar-refractivity contribution in [1.29, 1.82) is 0 Å². The Labute approximate surface area is 160 Å². The molecule has 0 radical (unpaired) electrons. The Morgan fingerprint density at radius 1 is 1.12 bits per heavy atom. The molecule has 0 aromatic heterocycles. The van der Waals surface area contributed by atoms with Crippen molar-refractivity contribution >= 4 is 17.5 Å². The highest BCUT2D eigenvalue weighted by Crippen LogP contribution is 2.30. The molecule has 1 amide bonds. The van der Waals surface area contributed by atoms with E-state index in [1.54, 1.807) is 0 Å². The maximum atomic E-state index is 12.6. The van der Waals surface area contributed by atoms with Crippen molar-refractivity contribution in [2.24, 2.45) is 5.92 Å². The number of nitrogens with zero attached hydrogens (tertiary/aromatic N) is 1. The molecule has 0 spiro atoms.